The van der Waals surface area contributed by atoms with Crippen LogP contribution in [0.2, 0.25) is 5.02 Å². The Kier molecular flexibility index (Phi) is 3.85. The number of nitrogens with one attached hydrogen (secondary N) is 1. The number of fused-ring (bicyclic) bond motifs is 1. The molecule has 124 valence electrons. The lowest BCUT2D eigenvalue weighted by Gasteiger charge is -2.22. The molecular weight excluding hydrogens is 326 g/mol. The van der Waals surface area contributed by atoms with E-state index in [1.807, 2.05) is 6.07 Å². The Morgan fingerprint density at radius 3 is 2.46 bits per heavy atom. The smallest absolute Gasteiger partial charge is 0.251 e. The highest BCUT2D eigenvalue weighted by Crippen LogP contribution is 2.49. The minimum Gasteiger partial charge on any atom is -0.486 e. The van der Waals surface area contributed by atoms with Crippen molar-refractivity contribution in [2.75, 3.05) is 19.8 Å². The number of rotatable bonds is 4. The molecule has 4 nitrogen and oxygen atoms in total. The molecule has 1 amide bonds. The van der Waals surface area contributed by atoms with Gasteiger partial charge in [0.1, 0.15) is 13.2 Å². The van der Waals surface area contributed by atoms with Crippen LogP contribution in [0.5, 0.6) is 11.5 Å². The molecule has 1 saturated carbocycles. The number of benzene rings is 2. The summed E-state index contributed by atoms with van der Waals surface area (Å²) in [5.74, 6) is 1.52. The van der Waals surface area contributed by atoms with E-state index in [0.29, 0.717) is 30.3 Å². The van der Waals surface area contributed by atoms with Crippen LogP contribution in [0.4, 0.5) is 0 Å². The van der Waals surface area contributed by atoms with Crippen molar-refractivity contribution in [3.05, 3.63) is 58.6 Å². The largest absolute Gasteiger partial charge is 0.486 e. The third-order valence-electron chi connectivity index (χ3n) is 4.70. The molecule has 2 aromatic rings. The van der Waals surface area contributed by atoms with E-state index in [0.717, 1.165) is 24.3 Å². The van der Waals surface area contributed by atoms with Crippen LogP contribution in [0.3, 0.4) is 0 Å². The Bertz CT molecular complexity index is 769. The lowest BCUT2D eigenvalue weighted by atomic mass is 9.95. The van der Waals surface area contributed by atoms with Crippen molar-refractivity contribution in [1.29, 1.82) is 0 Å². The van der Waals surface area contributed by atoms with Gasteiger partial charge in [-0.05, 0) is 54.8 Å². The molecule has 0 aromatic heterocycles. The third kappa shape index (κ3) is 2.94. The molecule has 0 saturated heterocycles. The van der Waals surface area contributed by atoms with Crippen LogP contribution in [0.1, 0.15) is 28.8 Å². The molecule has 0 radical (unpaired) electrons. The van der Waals surface area contributed by atoms with E-state index in [1.165, 1.54) is 5.56 Å². The predicted octanol–water partition coefficient (Wildman–Crippen LogP) is 3.57. The van der Waals surface area contributed by atoms with Crippen molar-refractivity contribution in [3.8, 4) is 11.5 Å². The third-order valence-corrected chi connectivity index (χ3v) is 4.95. The van der Waals surface area contributed by atoms with E-state index in [9.17, 15) is 4.79 Å². The average molecular weight is 344 g/mol. The minimum atomic E-state index is -0.0736. The summed E-state index contributed by atoms with van der Waals surface area (Å²) in [6.07, 6.45) is 2.13. The van der Waals surface area contributed by atoms with E-state index in [1.54, 1.807) is 24.3 Å². The molecule has 4 rings (SSSR count). The fourth-order valence-electron chi connectivity index (χ4n) is 3.04. The number of hydrogen-bond donors (Lipinski definition) is 1. The van der Waals surface area contributed by atoms with Crippen molar-refractivity contribution in [2.24, 2.45) is 0 Å². The van der Waals surface area contributed by atoms with Crippen LogP contribution in [-0.2, 0) is 5.41 Å². The van der Waals surface area contributed by atoms with Gasteiger partial charge in [0.15, 0.2) is 11.5 Å². The number of carbonyl (C=O) groups excluding carboxylic acids is 1. The van der Waals surface area contributed by atoms with Crippen LogP contribution in [0.15, 0.2) is 42.5 Å². The van der Waals surface area contributed by atoms with Crippen molar-refractivity contribution in [2.45, 2.75) is 18.3 Å². The Morgan fingerprint density at radius 1 is 1.04 bits per heavy atom. The first kappa shape index (κ1) is 15.3. The molecule has 2 aliphatic rings. The number of ether oxygens (including phenoxy) is 2. The topological polar surface area (TPSA) is 47.6 Å². The van der Waals surface area contributed by atoms with Gasteiger partial charge in [-0.2, -0.15) is 0 Å². The van der Waals surface area contributed by atoms with Crippen LogP contribution in [0, 0.1) is 0 Å². The molecule has 5 heteroatoms. The maximum atomic E-state index is 12.3. The standard InChI is InChI=1S/C19H18ClNO3/c20-15-4-1-13(2-5-15)18(22)21-12-19(7-8-19)14-3-6-16-17(11-14)24-10-9-23-16/h1-6,11H,7-10,12H2,(H,21,22). The summed E-state index contributed by atoms with van der Waals surface area (Å²) in [5.41, 5.74) is 1.83. The SMILES string of the molecule is O=C(NCC1(c2ccc3c(c2)OCCO3)CC1)c1ccc(Cl)cc1. The average Bonchev–Trinajstić information content (AvgIpc) is 3.41. The van der Waals surface area contributed by atoms with E-state index >= 15 is 0 Å². The highest BCUT2D eigenvalue weighted by Gasteiger charge is 2.44. The molecular formula is C19H18ClNO3. The lowest BCUT2D eigenvalue weighted by molar-refractivity contribution is 0.0949. The second kappa shape index (κ2) is 6.02. The van der Waals surface area contributed by atoms with E-state index in [4.69, 9.17) is 21.1 Å². The Labute approximate surface area is 145 Å². The summed E-state index contributed by atoms with van der Waals surface area (Å²) in [5, 5.41) is 3.67. The van der Waals surface area contributed by atoms with Gasteiger partial charge >= 0.3 is 0 Å². The van der Waals surface area contributed by atoms with Gasteiger partial charge in [-0.15, -0.1) is 0 Å². The normalized spacial score (nSPS) is 17.2. The van der Waals surface area contributed by atoms with Crippen LogP contribution < -0.4 is 14.8 Å². The first-order valence-corrected chi connectivity index (χ1v) is 8.48. The summed E-state index contributed by atoms with van der Waals surface area (Å²) < 4.78 is 11.2. The van der Waals surface area contributed by atoms with Crippen LogP contribution >= 0.6 is 11.6 Å². The zero-order valence-corrected chi connectivity index (χ0v) is 13.9. The fraction of sp³-hybridized carbons (Fsp3) is 0.316. The molecule has 0 unspecified atom stereocenters. The van der Waals surface area contributed by atoms with Gasteiger partial charge in [-0.1, -0.05) is 17.7 Å². The van der Waals surface area contributed by atoms with E-state index < -0.39 is 0 Å². The van der Waals surface area contributed by atoms with Crippen molar-refractivity contribution in [1.82, 2.24) is 5.32 Å². The first-order valence-electron chi connectivity index (χ1n) is 8.10. The van der Waals surface area contributed by atoms with Gasteiger partial charge in [0, 0.05) is 22.5 Å². The number of halogens is 1. The van der Waals surface area contributed by atoms with Gasteiger partial charge < -0.3 is 14.8 Å². The molecule has 2 aromatic carbocycles. The molecule has 1 aliphatic carbocycles. The molecule has 1 aliphatic heterocycles. The maximum absolute atomic E-state index is 12.3. The summed E-state index contributed by atoms with van der Waals surface area (Å²) in [7, 11) is 0. The summed E-state index contributed by atoms with van der Waals surface area (Å²) in [6, 6.07) is 13.0. The Morgan fingerprint density at radius 2 is 1.75 bits per heavy atom. The van der Waals surface area contributed by atoms with E-state index in [-0.39, 0.29) is 11.3 Å². The Hall–Kier alpha value is -2.20. The van der Waals surface area contributed by atoms with Gasteiger partial charge in [0.2, 0.25) is 0 Å². The maximum Gasteiger partial charge on any atom is 0.251 e. The fourth-order valence-corrected chi connectivity index (χ4v) is 3.17. The Balaban J connectivity index is 1.46. The van der Waals surface area contributed by atoms with E-state index in [2.05, 4.69) is 17.4 Å². The molecule has 1 heterocycles. The molecule has 0 spiro atoms. The monoisotopic (exact) mass is 343 g/mol. The molecule has 0 atom stereocenters. The summed E-state index contributed by atoms with van der Waals surface area (Å²) >= 11 is 5.86. The number of carbonyl (C=O) groups is 1. The molecule has 1 N–H and O–H groups in total. The zero-order chi connectivity index (χ0) is 16.6. The molecule has 1 fully saturated rings. The highest BCUT2D eigenvalue weighted by atomic mass is 35.5. The summed E-state index contributed by atoms with van der Waals surface area (Å²) in [4.78, 5) is 12.3. The lowest BCUT2D eigenvalue weighted by Crippen LogP contribution is -2.32. The second-order valence-corrected chi connectivity index (χ2v) is 6.76. The molecule has 24 heavy (non-hydrogen) atoms. The van der Waals surface area contributed by atoms with Crippen LogP contribution in [0.25, 0.3) is 0 Å². The van der Waals surface area contributed by atoms with Crippen molar-refractivity contribution < 1.29 is 14.3 Å². The van der Waals surface area contributed by atoms with Gasteiger partial charge in [-0.3, -0.25) is 4.79 Å². The molecule has 0 bridgehead atoms. The van der Waals surface area contributed by atoms with Crippen LogP contribution in [-0.4, -0.2) is 25.7 Å². The van der Waals surface area contributed by atoms with Gasteiger partial charge in [-0.25, -0.2) is 0 Å². The minimum absolute atomic E-state index is 0.0118. The van der Waals surface area contributed by atoms with Gasteiger partial charge in [0.25, 0.3) is 5.91 Å². The number of amides is 1. The highest BCUT2D eigenvalue weighted by molar-refractivity contribution is 6.30. The second-order valence-electron chi connectivity index (χ2n) is 6.33. The number of hydrogen-bond acceptors (Lipinski definition) is 3. The predicted molar refractivity (Wildman–Crippen MR) is 92.1 cm³/mol. The van der Waals surface area contributed by atoms with Gasteiger partial charge in [0.05, 0.1) is 0 Å². The zero-order valence-electron chi connectivity index (χ0n) is 13.2. The quantitative estimate of drug-likeness (QED) is 0.923. The summed E-state index contributed by atoms with van der Waals surface area (Å²) in [6.45, 7) is 1.79. The first-order chi connectivity index (χ1) is 11.7. The van der Waals surface area contributed by atoms with Crippen molar-refractivity contribution >= 4 is 17.5 Å². The van der Waals surface area contributed by atoms with Crippen molar-refractivity contribution in [3.63, 3.8) is 0 Å².